The molecule has 0 saturated carbocycles. The molecule has 3 N–H and O–H groups in total. The summed E-state index contributed by atoms with van der Waals surface area (Å²) in [5, 5.41) is 3.21. The summed E-state index contributed by atoms with van der Waals surface area (Å²) in [7, 11) is 4.69. The summed E-state index contributed by atoms with van der Waals surface area (Å²) in [6, 6.07) is 3.60. The molecular weight excluding hydrogens is 338 g/mol. The third-order valence-corrected chi connectivity index (χ3v) is 3.46. The summed E-state index contributed by atoms with van der Waals surface area (Å²) in [4.78, 5) is 4.00. The molecule has 0 amide bonds. The molecule has 2 aromatic rings. The summed E-state index contributed by atoms with van der Waals surface area (Å²) in [6.07, 6.45) is 3.24. The van der Waals surface area contributed by atoms with Gasteiger partial charge in [0.05, 0.1) is 43.4 Å². The monoisotopic (exact) mass is 353 g/mol. The quantitative estimate of drug-likeness (QED) is 0.859. The largest absolute Gasteiger partial charge is 0.493 e. The van der Waals surface area contributed by atoms with Crippen molar-refractivity contribution in [1.29, 1.82) is 0 Å². The Morgan fingerprint density at radius 2 is 1.67 bits per heavy atom. The lowest BCUT2D eigenvalue weighted by Crippen LogP contribution is -2.00. The predicted octanol–water partition coefficient (Wildman–Crippen LogP) is 3.20. The number of methoxy groups -OCH3 is 3. The van der Waals surface area contributed by atoms with Crippen LogP contribution in [-0.4, -0.2) is 26.3 Å². The molecule has 7 heteroatoms. The van der Waals surface area contributed by atoms with Crippen molar-refractivity contribution in [2.45, 2.75) is 0 Å². The van der Waals surface area contributed by atoms with Crippen molar-refractivity contribution in [3.63, 3.8) is 0 Å². The van der Waals surface area contributed by atoms with Gasteiger partial charge in [-0.15, -0.1) is 0 Å². The number of aromatic nitrogens is 1. The standard InChI is InChI=1S/C14H16BrN3O3/c1-19-11-4-8(5-12(20-2)14(11)21-3)18-13-9(15)6-17-7-10(13)16/h4-7H,16H2,1-3H3,(H,17,18). The molecule has 0 fully saturated rings. The highest BCUT2D eigenvalue weighted by Gasteiger charge is 2.14. The fourth-order valence-electron chi connectivity index (χ4n) is 1.88. The van der Waals surface area contributed by atoms with E-state index >= 15 is 0 Å². The molecule has 0 saturated heterocycles. The molecule has 112 valence electrons. The van der Waals surface area contributed by atoms with Crippen LogP contribution in [0.1, 0.15) is 0 Å². The third kappa shape index (κ3) is 3.13. The van der Waals surface area contributed by atoms with E-state index in [1.54, 1.807) is 45.9 Å². The molecule has 0 spiro atoms. The van der Waals surface area contributed by atoms with Crippen molar-refractivity contribution in [3.05, 3.63) is 29.0 Å². The second kappa shape index (κ2) is 6.53. The van der Waals surface area contributed by atoms with E-state index in [-0.39, 0.29) is 0 Å². The summed E-state index contributed by atoms with van der Waals surface area (Å²) >= 11 is 3.41. The molecule has 2 rings (SSSR count). The average molecular weight is 354 g/mol. The number of ether oxygens (including phenoxy) is 3. The normalized spacial score (nSPS) is 10.1. The first kappa shape index (κ1) is 15.2. The molecule has 1 aromatic carbocycles. The summed E-state index contributed by atoms with van der Waals surface area (Å²) in [6.45, 7) is 0. The van der Waals surface area contributed by atoms with Gasteiger partial charge in [0.2, 0.25) is 5.75 Å². The molecule has 0 aliphatic carbocycles. The Balaban J connectivity index is 2.45. The fraction of sp³-hybridized carbons (Fsp3) is 0.214. The van der Waals surface area contributed by atoms with Crippen LogP contribution >= 0.6 is 15.9 Å². The van der Waals surface area contributed by atoms with Crippen molar-refractivity contribution < 1.29 is 14.2 Å². The van der Waals surface area contributed by atoms with Crippen molar-refractivity contribution in [1.82, 2.24) is 4.98 Å². The zero-order valence-electron chi connectivity index (χ0n) is 11.9. The van der Waals surface area contributed by atoms with Crippen LogP contribution in [0.5, 0.6) is 17.2 Å². The molecule has 6 nitrogen and oxygen atoms in total. The van der Waals surface area contributed by atoms with E-state index < -0.39 is 0 Å². The predicted molar refractivity (Wildman–Crippen MR) is 85.7 cm³/mol. The first-order chi connectivity index (χ1) is 10.1. The zero-order chi connectivity index (χ0) is 15.4. The van der Waals surface area contributed by atoms with Crippen LogP contribution in [0, 0.1) is 0 Å². The van der Waals surface area contributed by atoms with Gasteiger partial charge in [0.15, 0.2) is 11.5 Å². The second-order valence-corrected chi connectivity index (χ2v) is 4.98. The van der Waals surface area contributed by atoms with Gasteiger partial charge in [-0.1, -0.05) is 0 Å². The summed E-state index contributed by atoms with van der Waals surface area (Å²) < 4.78 is 16.7. The lowest BCUT2D eigenvalue weighted by molar-refractivity contribution is 0.324. The average Bonchev–Trinajstić information content (AvgIpc) is 2.49. The van der Waals surface area contributed by atoms with Crippen LogP contribution in [0.3, 0.4) is 0 Å². The fourth-order valence-corrected chi connectivity index (χ4v) is 2.33. The smallest absolute Gasteiger partial charge is 0.203 e. The number of halogens is 1. The minimum Gasteiger partial charge on any atom is -0.493 e. The van der Waals surface area contributed by atoms with Crippen LogP contribution in [0.2, 0.25) is 0 Å². The molecule has 0 unspecified atom stereocenters. The molecule has 0 bridgehead atoms. The molecule has 1 aromatic heterocycles. The van der Waals surface area contributed by atoms with E-state index in [4.69, 9.17) is 19.9 Å². The van der Waals surface area contributed by atoms with Crippen LogP contribution < -0.4 is 25.3 Å². The lowest BCUT2D eigenvalue weighted by atomic mass is 10.2. The van der Waals surface area contributed by atoms with E-state index in [1.165, 1.54) is 0 Å². The Morgan fingerprint density at radius 3 is 2.14 bits per heavy atom. The van der Waals surface area contributed by atoms with Crippen LogP contribution in [0.15, 0.2) is 29.0 Å². The number of nitrogen functional groups attached to an aromatic ring is 1. The minimum absolute atomic E-state index is 0.526. The summed E-state index contributed by atoms with van der Waals surface area (Å²) in [5.41, 5.74) is 7.92. The molecular formula is C14H16BrN3O3. The molecule has 0 aliphatic heterocycles. The maximum atomic E-state index is 5.92. The van der Waals surface area contributed by atoms with E-state index in [0.717, 1.165) is 15.8 Å². The number of anilines is 3. The van der Waals surface area contributed by atoms with E-state index in [2.05, 4.69) is 26.2 Å². The topological polar surface area (TPSA) is 78.6 Å². The molecule has 0 aliphatic rings. The maximum Gasteiger partial charge on any atom is 0.203 e. The van der Waals surface area contributed by atoms with Gasteiger partial charge in [-0.3, -0.25) is 4.98 Å². The van der Waals surface area contributed by atoms with Crippen molar-refractivity contribution in [3.8, 4) is 17.2 Å². The highest BCUT2D eigenvalue weighted by atomic mass is 79.9. The number of rotatable bonds is 5. The molecule has 0 atom stereocenters. The van der Waals surface area contributed by atoms with E-state index in [1.807, 2.05) is 0 Å². The Labute approximate surface area is 131 Å². The molecule has 0 radical (unpaired) electrons. The maximum absolute atomic E-state index is 5.92. The van der Waals surface area contributed by atoms with Crippen LogP contribution in [-0.2, 0) is 0 Å². The first-order valence-electron chi connectivity index (χ1n) is 6.06. The SMILES string of the molecule is COc1cc(Nc2c(N)cncc2Br)cc(OC)c1OC. The number of hydrogen-bond acceptors (Lipinski definition) is 6. The third-order valence-electron chi connectivity index (χ3n) is 2.86. The van der Waals surface area contributed by atoms with Crippen LogP contribution in [0.25, 0.3) is 0 Å². The second-order valence-electron chi connectivity index (χ2n) is 4.12. The van der Waals surface area contributed by atoms with Crippen molar-refractivity contribution in [2.24, 2.45) is 0 Å². The Hall–Kier alpha value is -2.15. The van der Waals surface area contributed by atoms with E-state index in [9.17, 15) is 0 Å². The Bertz CT molecular complexity index is 604. The van der Waals surface area contributed by atoms with Gasteiger partial charge in [0.1, 0.15) is 0 Å². The highest BCUT2D eigenvalue weighted by molar-refractivity contribution is 9.10. The van der Waals surface area contributed by atoms with Gasteiger partial charge in [0, 0.05) is 24.0 Å². The van der Waals surface area contributed by atoms with Crippen molar-refractivity contribution >= 4 is 33.0 Å². The van der Waals surface area contributed by atoms with E-state index in [0.29, 0.717) is 22.9 Å². The first-order valence-corrected chi connectivity index (χ1v) is 6.86. The van der Waals surface area contributed by atoms with Crippen molar-refractivity contribution in [2.75, 3.05) is 32.4 Å². The molecule has 21 heavy (non-hydrogen) atoms. The number of hydrogen-bond donors (Lipinski definition) is 2. The van der Waals surface area contributed by atoms with Gasteiger partial charge in [-0.2, -0.15) is 0 Å². The van der Waals surface area contributed by atoms with Gasteiger partial charge >= 0.3 is 0 Å². The Kier molecular flexibility index (Phi) is 4.74. The van der Waals surface area contributed by atoms with Gasteiger partial charge in [-0.05, 0) is 15.9 Å². The Morgan fingerprint density at radius 1 is 1.05 bits per heavy atom. The lowest BCUT2D eigenvalue weighted by Gasteiger charge is -2.16. The molecule has 1 heterocycles. The number of benzene rings is 1. The summed E-state index contributed by atoms with van der Waals surface area (Å²) in [5.74, 6) is 1.65. The van der Waals surface area contributed by atoms with Crippen LogP contribution in [0.4, 0.5) is 17.1 Å². The number of nitrogens with two attached hydrogens (primary N) is 1. The van der Waals surface area contributed by atoms with Gasteiger partial charge in [0.25, 0.3) is 0 Å². The van der Waals surface area contributed by atoms with Gasteiger partial charge in [-0.25, -0.2) is 0 Å². The van der Waals surface area contributed by atoms with Gasteiger partial charge < -0.3 is 25.3 Å². The highest BCUT2D eigenvalue weighted by Crippen LogP contribution is 2.41. The number of pyridine rings is 1. The zero-order valence-corrected chi connectivity index (χ0v) is 13.5. The number of nitrogens with one attached hydrogen (secondary N) is 1. The minimum atomic E-state index is 0.526. The number of nitrogens with zero attached hydrogens (tertiary/aromatic N) is 1.